The Balaban J connectivity index is 2.25. The molecule has 262 valence electrons. The van der Waals surface area contributed by atoms with Gasteiger partial charge >= 0.3 is 0 Å². The number of rotatable bonds is 15. The Morgan fingerprint density at radius 2 is 1.61 bits per heavy atom. The van der Waals surface area contributed by atoms with E-state index >= 15 is 0 Å². The summed E-state index contributed by atoms with van der Waals surface area (Å²) in [5, 5.41) is 3.79. The van der Waals surface area contributed by atoms with Crippen molar-refractivity contribution in [2.45, 2.75) is 62.8 Å². The van der Waals surface area contributed by atoms with Crippen molar-refractivity contribution in [1.29, 1.82) is 0 Å². The second-order valence-electron chi connectivity index (χ2n) is 12.3. The summed E-state index contributed by atoms with van der Waals surface area (Å²) in [7, 11) is 0. The van der Waals surface area contributed by atoms with Crippen molar-refractivity contribution in [2.75, 3.05) is 5.32 Å². The first kappa shape index (κ1) is 40.4. The molecule has 0 bridgehead atoms. The summed E-state index contributed by atoms with van der Waals surface area (Å²) in [5.74, 6) is 0. The van der Waals surface area contributed by atoms with Crippen molar-refractivity contribution in [2.24, 2.45) is 0 Å². The minimum Gasteiger partial charge on any atom is -0.379 e. The molecule has 0 saturated carbocycles. The fraction of sp³-hybridized carbons (Fsp3) is 0.184. The number of benzene rings is 2. The molecule has 2 atom stereocenters. The zero-order valence-corrected chi connectivity index (χ0v) is 31.6. The highest BCUT2D eigenvalue weighted by atomic mass is 32.1. The molecule has 2 aromatic rings. The molecule has 0 aliphatic heterocycles. The molecule has 1 aliphatic rings. The van der Waals surface area contributed by atoms with Gasteiger partial charge in [0.15, 0.2) is 0 Å². The Morgan fingerprint density at radius 3 is 2.35 bits per heavy atom. The third-order valence-corrected chi connectivity index (χ3v) is 8.79. The lowest BCUT2D eigenvalue weighted by molar-refractivity contribution is 0.517. The Bertz CT molecular complexity index is 1780. The van der Waals surface area contributed by atoms with Gasteiger partial charge in [0.25, 0.3) is 0 Å². The van der Waals surface area contributed by atoms with Gasteiger partial charge in [-0.25, -0.2) is 0 Å². The fourth-order valence-electron chi connectivity index (χ4n) is 6.01. The molecule has 51 heavy (non-hydrogen) atoms. The van der Waals surface area contributed by atoms with E-state index in [-0.39, 0.29) is 6.04 Å². The molecule has 1 nitrogen and oxygen atoms in total. The summed E-state index contributed by atoms with van der Waals surface area (Å²) in [5.41, 5.74) is 6.28. The molecule has 0 radical (unpaired) electrons. The largest absolute Gasteiger partial charge is 0.379 e. The third-order valence-electron chi connectivity index (χ3n) is 8.40. The summed E-state index contributed by atoms with van der Waals surface area (Å²) in [6.45, 7) is 14.3. The number of para-hydroxylation sites is 1. The van der Waals surface area contributed by atoms with Gasteiger partial charge in [-0.2, -0.15) is 0 Å². The van der Waals surface area contributed by atoms with E-state index in [2.05, 4.69) is 196 Å². The lowest BCUT2D eigenvalue weighted by Gasteiger charge is -2.36. The molecule has 3 rings (SSSR count). The molecule has 0 fully saturated rings. The number of anilines is 1. The maximum atomic E-state index is 5.06. The quantitative estimate of drug-likeness (QED) is 0.140. The van der Waals surface area contributed by atoms with Crippen molar-refractivity contribution < 1.29 is 0 Å². The van der Waals surface area contributed by atoms with Gasteiger partial charge in [0.05, 0.1) is 0 Å². The van der Waals surface area contributed by atoms with E-state index < -0.39 is 5.41 Å². The van der Waals surface area contributed by atoms with Gasteiger partial charge in [-0.05, 0) is 98.6 Å². The fourth-order valence-corrected chi connectivity index (χ4v) is 6.38. The Kier molecular flexibility index (Phi) is 18.5. The van der Waals surface area contributed by atoms with Crippen molar-refractivity contribution >= 4 is 18.3 Å². The maximum Gasteiger partial charge on any atom is 0.0456 e. The second-order valence-corrected chi connectivity index (χ2v) is 12.8. The van der Waals surface area contributed by atoms with E-state index in [1.807, 2.05) is 25.2 Å². The zero-order chi connectivity index (χ0) is 36.6. The van der Waals surface area contributed by atoms with Crippen molar-refractivity contribution in [3.63, 3.8) is 0 Å². The van der Waals surface area contributed by atoms with Crippen LogP contribution in [0.25, 0.3) is 0 Å². The molecule has 1 aliphatic carbocycles. The van der Waals surface area contributed by atoms with E-state index in [9.17, 15) is 0 Å². The molecular weight excluding hydrogens is 635 g/mol. The molecule has 0 aromatic heterocycles. The SMILES string of the molecule is C=C/C=C\C=CC1=CC(=C)/C=C\C=C/CC(C(/C=C\C)=C/C(/C=C\C)=C/C(CCC=C/C=C\C)Nc2ccccc2)(c2ccccc2S)CC=C1. The molecular formula is C49H55NS. The van der Waals surface area contributed by atoms with Gasteiger partial charge in [0, 0.05) is 22.0 Å². The average Bonchev–Trinajstić information content (AvgIpc) is 3.12. The van der Waals surface area contributed by atoms with Crippen LogP contribution in [0.5, 0.6) is 0 Å². The lowest BCUT2D eigenvalue weighted by Crippen LogP contribution is -2.28. The van der Waals surface area contributed by atoms with Crippen LogP contribution in [-0.2, 0) is 5.41 Å². The summed E-state index contributed by atoms with van der Waals surface area (Å²) in [6, 6.07) is 19.1. The smallest absolute Gasteiger partial charge is 0.0456 e. The number of thiol groups is 1. The molecule has 2 heteroatoms. The van der Waals surface area contributed by atoms with E-state index in [0.717, 1.165) is 53.0 Å². The monoisotopic (exact) mass is 689 g/mol. The van der Waals surface area contributed by atoms with Crippen LogP contribution in [0.3, 0.4) is 0 Å². The molecule has 0 saturated heterocycles. The third kappa shape index (κ3) is 14.0. The van der Waals surface area contributed by atoms with Crippen LogP contribution in [0, 0.1) is 0 Å². The van der Waals surface area contributed by atoms with E-state index in [4.69, 9.17) is 12.6 Å². The zero-order valence-electron chi connectivity index (χ0n) is 30.7. The van der Waals surface area contributed by atoms with Crippen LogP contribution in [-0.4, -0.2) is 6.04 Å². The first-order chi connectivity index (χ1) is 24.9. The summed E-state index contributed by atoms with van der Waals surface area (Å²) in [6.07, 6.45) is 50.5. The van der Waals surface area contributed by atoms with Gasteiger partial charge in [-0.3, -0.25) is 0 Å². The van der Waals surface area contributed by atoms with E-state index in [1.165, 1.54) is 11.1 Å². The van der Waals surface area contributed by atoms with Crippen LogP contribution < -0.4 is 5.32 Å². The minimum atomic E-state index is -0.405. The number of hydrogen-bond donors (Lipinski definition) is 2. The average molecular weight is 690 g/mol. The van der Waals surface area contributed by atoms with Crippen LogP contribution in [0.4, 0.5) is 5.69 Å². The first-order valence-corrected chi connectivity index (χ1v) is 18.3. The number of allylic oxidation sites excluding steroid dienone is 25. The summed E-state index contributed by atoms with van der Waals surface area (Å²) in [4.78, 5) is 0.976. The first-order valence-electron chi connectivity index (χ1n) is 17.9. The topological polar surface area (TPSA) is 12.0 Å². The van der Waals surface area contributed by atoms with E-state index in [1.54, 1.807) is 6.08 Å². The predicted octanol–water partition coefficient (Wildman–Crippen LogP) is 13.9. The predicted molar refractivity (Wildman–Crippen MR) is 231 cm³/mol. The molecule has 1 N–H and O–H groups in total. The molecule has 0 spiro atoms. The van der Waals surface area contributed by atoms with Crippen molar-refractivity contribution in [1.82, 2.24) is 0 Å². The highest BCUT2D eigenvalue weighted by molar-refractivity contribution is 7.80. The highest BCUT2D eigenvalue weighted by Crippen LogP contribution is 2.44. The Hall–Kier alpha value is -5.05. The minimum absolute atomic E-state index is 0.119. The summed E-state index contributed by atoms with van der Waals surface area (Å²) >= 11 is 5.06. The van der Waals surface area contributed by atoms with Crippen LogP contribution in [0.2, 0.25) is 0 Å². The van der Waals surface area contributed by atoms with Crippen molar-refractivity contribution in [3.05, 3.63) is 229 Å². The molecule has 2 unspecified atom stereocenters. The molecule has 2 aromatic carbocycles. The molecule has 0 amide bonds. The van der Waals surface area contributed by atoms with E-state index in [0.29, 0.717) is 0 Å². The van der Waals surface area contributed by atoms with Gasteiger partial charge in [0.2, 0.25) is 0 Å². The van der Waals surface area contributed by atoms with Crippen LogP contribution >= 0.6 is 12.6 Å². The number of nitrogens with one attached hydrogen (secondary N) is 1. The summed E-state index contributed by atoms with van der Waals surface area (Å²) < 4.78 is 0. The number of hydrogen-bond acceptors (Lipinski definition) is 2. The van der Waals surface area contributed by atoms with Gasteiger partial charge in [-0.15, -0.1) is 12.6 Å². The highest BCUT2D eigenvalue weighted by Gasteiger charge is 2.34. The second kappa shape index (κ2) is 23.4. The van der Waals surface area contributed by atoms with Gasteiger partial charge in [0.1, 0.15) is 0 Å². The maximum absolute atomic E-state index is 5.06. The van der Waals surface area contributed by atoms with Crippen LogP contribution in [0.1, 0.15) is 52.0 Å². The van der Waals surface area contributed by atoms with Gasteiger partial charge in [-0.1, -0.05) is 177 Å². The van der Waals surface area contributed by atoms with Crippen molar-refractivity contribution in [3.8, 4) is 0 Å². The van der Waals surface area contributed by atoms with Gasteiger partial charge < -0.3 is 5.32 Å². The Labute approximate surface area is 314 Å². The standard InChI is InChI=1S/C49H55NS/c1-6-10-12-14-19-33-46(50-45-31-20-15-21-32-45)40-43(26-8-3)39-44(27-9-4)49(47-34-22-23-35-48(47)51)36-24-16-17-28-41(5)38-42(30-25-37-49)29-18-13-11-7-2/h6-18,20-32,34-35,38-40,46,50-51H,2,5,19,33,36-37H2,1,3-4H3/b10-6-,13-11-,14-12?,24-16-,26-8-,27-9-,28-17-,29-18?,30-25?,42-38?,43-40+,44-39+. The normalized spacial score (nSPS) is 20.0. The van der Waals surface area contributed by atoms with Crippen LogP contribution in [0.15, 0.2) is 229 Å². The Morgan fingerprint density at radius 1 is 0.843 bits per heavy atom. The molecule has 0 heterocycles. The lowest BCUT2D eigenvalue weighted by atomic mass is 9.68.